The molecule has 3 rings (SSSR count). The Labute approximate surface area is 158 Å². The van der Waals surface area contributed by atoms with E-state index in [1.165, 1.54) is 32.4 Å². The average Bonchev–Trinajstić information content (AvgIpc) is 3.22. The van der Waals surface area contributed by atoms with Gasteiger partial charge in [0.2, 0.25) is 0 Å². The van der Waals surface area contributed by atoms with Crippen molar-refractivity contribution in [2.75, 3.05) is 39.8 Å². The second-order valence-electron chi connectivity index (χ2n) is 7.35. The fourth-order valence-corrected chi connectivity index (χ4v) is 4.06. The number of benzene rings is 1. The first-order valence-electron chi connectivity index (χ1n) is 10.2. The molecule has 0 saturated carbocycles. The summed E-state index contributed by atoms with van der Waals surface area (Å²) in [6.45, 7) is 7.78. The molecule has 0 radical (unpaired) electrons. The number of guanidine groups is 1. The van der Waals surface area contributed by atoms with Crippen LogP contribution in [0.3, 0.4) is 0 Å². The van der Waals surface area contributed by atoms with E-state index in [0.717, 1.165) is 44.2 Å². The summed E-state index contributed by atoms with van der Waals surface area (Å²) in [4.78, 5) is 9.53. The van der Waals surface area contributed by atoms with Crippen molar-refractivity contribution in [2.45, 2.75) is 51.2 Å². The highest BCUT2D eigenvalue weighted by molar-refractivity contribution is 5.80. The van der Waals surface area contributed by atoms with Crippen molar-refractivity contribution in [2.24, 2.45) is 4.99 Å². The van der Waals surface area contributed by atoms with Crippen LogP contribution in [0.15, 0.2) is 35.3 Å². The van der Waals surface area contributed by atoms with Gasteiger partial charge in [-0.1, -0.05) is 25.1 Å². The number of likely N-dealkylation sites (tertiary alicyclic amines) is 2. The van der Waals surface area contributed by atoms with Crippen molar-refractivity contribution in [1.29, 1.82) is 0 Å². The molecule has 0 amide bonds. The summed E-state index contributed by atoms with van der Waals surface area (Å²) >= 11 is 0. The zero-order chi connectivity index (χ0) is 18.2. The van der Waals surface area contributed by atoms with Gasteiger partial charge in [-0.3, -0.25) is 9.89 Å². The van der Waals surface area contributed by atoms with E-state index in [2.05, 4.69) is 27.0 Å². The first-order valence-corrected chi connectivity index (χ1v) is 10.2. The monoisotopic (exact) mass is 358 g/mol. The second-order valence-corrected chi connectivity index (χ2v) is 7.35. The second kappa shape index (κ2) is 9.81. The van der Waals surface area contributed by atoms with Gasteiger partial charge in [-0.2, -0.15) is 0 Å². The highest BCUT2D eigenvalue weighted by Gasteiger charge is 2.24. The molecule has 1 unspecified atom stereocenters. The topological polar surface area (TPSA) is 40.1 Å². The van der Waals surface area contributed by atoms with Crippen LogP contribution in [0.1, 0.15) is 39.0 Å². The molecule has 1 N–H and O–H groups in total. The van der Waals surface area contributed by atoms with Gasteiger partial charge < -0.3 is 15.0 Å². The van der Waals surface area contributed by atoms with E-state index < -0.39 is 0 Å². The zero-order valence-electron chi connectivity index (χ0n) is 16.4. The number of nitrogens with zero attached hydrogens (tertiary/aromatic N) is 3. The van der Waals surface area contributed by atoms with E-state index in [1.807, 2.05) is 37.4 Å². The molecular weight excluding hydrogens is 324 g/mol. The third kappa shape index (κ3) is 5.13. The Kier molecular flexibility index (Phi) is 7.18. The minimum absolute atomic E-state index is 0.305. The van der Waals surface area contributed by atoms with E-state index in [9.17, 15) is 0 Å². The van der Waals surface area contributed by atoms with E-state index in [4.69, 9.17) is 4.74 Å². The number of ether oxygens (including phenoxy) is 1. The summed E-state index contributed by atoms with van der Waals surface area (Å²) in [5.41, 5.74) is 0. The molecule has 0 aliphatic carbocycles. The normalized spacial score (nSPS) is 21.0. The molecule has 5 heteroatoms. The first kappa shape index (κ1) is 19.0. The Bertz CT molecular complexity index is 548. The SMILES string of the molecule is CCC(CNC(=NC)N1CCC(Oc2ccccc2)CC1)N1CCCC1. The number of para-hydroxylation sites is 1. The molecule has 2 aliphatic rings. The molecule has 5 nitrogen and oxygen atoms in total. The summed E-state index contributed by atoms with van der Waals surface area (Å²) in [5, 5.41) is 3.63. The third-order valence-corrected chi connectivity index (χ3v) is 5.62. The quantitative estimate of drug-likeness (QED) is 0.627. The van der Waals surface area contributed by atoms with Gasteiger partial charge in [0.05, 0.1) is 0 Å². The van der Waals surface area contributed by atoms with Gasteiger partial charge in [0.1, 0.15) is 11.9 Å². The third-order valence-electron chi connectivity index (χ3n) is 5.62. The number of hydrogen-bond donors (Lipinski definition) is 1. The summed E-state index contributed by atoms with van der Waals surface area (Å²) in [5.74, 6) is 2.02. The average molecular weight is 359 g/mol. The summed E-state index contributed by atoms with van der Waals surface area (Å²) in [7, 11) is 1.89. The van der Waals surface area contributed by atoms with Crippen molar-refractivity contribution >= 4 is 5.96 Å². The maximum atomic E-state index is 6.11. The standard InChI is InChI=1S/C21H34N4O/c1-3-18(24-13-7-8-14-24)17-23-21(22-2)25-15-11-20(12-16-25)26-19-9-5-4-6-10-19/h4-6,9-10,18,20H,3,7-8,11-17H2,1-2H3,(H,22,23). The molecule has 0 bridgehead atoms. The minimum Gasteiger partial charge on any atom is -0.490 e. The van der Waals surface area contributed by atoms with Crippen LogP contribution < -0.4 is 10.1 Å². The van der Waals surface area contributed by atoms with E-state index in [1.54, 1.807) is 0 Å². The van der Waals surface area contributed by atoms with Gasteiger partial charge in [0.15, 0.2) is 5.96 Å². The van der Waals surface area contributed by atoms with Crippen LogP contribution in [0.2, 0.25) is 0 Å². The lowest BCUT2D eigenvalue weighted by atomic mass is 10.1. The first-order chi connectivity index (χ1) is 12.8. The summed E-state index contributed by atoms with van der Waals surface area (Å²) < 4.78 is 6.11. The van der Waals surface area contributed by atoms with Crippen molar-refractivity contribution < 1.29 is 4.74 Å². The Hall–Kier alpha value is -1.75. The predicted octanol–water partition coefficient (Wildman–Crippen LogP) is 2.98. The van der Waals surface area contributed by atoms with Crippen LogP contribution in [-0.2, 0) is 0 Å². The van der Waals surface area contributed by atoms with Crippen molar-refractivity contribution in [3.63, 3.8) is 0 Å². The van der Waals surface area contributed by atoms with Crippen LogP contribution in [0.25, 0.3) is 0 Å². The maximum absolute atomic E-state index is 6.11. The number of rotatable bonds is 6. The number of piperidine rings is 1. The van der Waals surface area contributed by atoms with Crippen LogP contribution in [-0.4, -0.2) is 67.7 Å². The highest BCUT2D eigenvalue weighted by Crippen LogP contribution is 2.19. The molecule has 144 valence electrons. The highest BCUT2D eigenvalue weighted by atomic mass is 16.5. The van der Waals surface area contributed by atoms with Gasteiger partial charge in [-0.05, 0) is 44.5 Å². The zero-order valence-corrected chi connectivity index (χ0v) is 16.4. The number of aliphatic imine (C=N–C) groups is 1. The predicted molar refractivity (Wildman–Crippen MR) is 108 cm³/mol. The molecule has 2 heterocycles. The molecule has 2 fully saturated rings. The largest absolute Gasteiger partial charge is 0.490 e. The fraction of sp³-hybridized carbons (Fsp3) is 0.667. The molecular formula is C21H34N4O. The Balaban J connectivity index is 1.44. The lowest BCUT2D eigenvalue weighted by molar-refractivity contribution is 0.129. The molecule has 0 spiro atoms. The van der Waals surface area contributed by atoms with Gasteiger partial charge in [-0.25, -0.2) is 0 Å². The lowest BCUT2D eigenvalue weighted by Gasteiger charge is -2.35. The fourth-order valence-electron chi connectivity index (χ4n) is 4.06. The van der Waals surface area contributed by atoms with Crippen molar-refractivity contribution in [1.82, 2.24) is 15.1 Å². The van der Waals surface area contributed by atoms with Crippen LogP contribution in [0, 0.1) is 0 Å². The van der Waals surface area contributed by atoms with E-state index in [-0.39, 0.29) is 0 Å². The summed E-state index contributed by atoms with van der Waals surface area (Å²) in [6, 6.07) is 10.8. The Morgan fingerprint density at radius 2 is 1.85 bits per heavy atom. The van der Waals surface area contributed by atoms with Gasteiger partial charge in [0, 0.05) is 45.6 Å². The molecule has 1 aromatic carbocycles. The lowest BCUT2D eigenvalue weighted by Crippen LogP contribution is -2.50. The van der Waals surface area contributed by atoms with Gasteiger partial charge in [-0.15, -0.1) is 0 Å². The van der Waals surface area contributed by atoms with Crippen LogP contribution in [0.4, 0.5) is 0 Å². The number of hydrogen-bond acceptors (Lipinski definition) is 3. The molecule has 1 aromatic rings. The smallest absolute Gasteiger partial charge is 0.193 e. The van der Waals surface area contributed by atoms with Crippen LogP contribution >= 0.6 is 0 Å². The molecule has 0 aromatic heterocycles. The van der Waals surface area contributed by atoms with E-state index in [0.29, 0.717) is 12.1 Å². The summed E-state index contributed by atoms with van der Waals surface area (Å²) in [6.07, 6.45) is 6.27. The van der Waals surface area contributed by atoms with Gasteiger partial charge in [0.25, 0.3) is 0 Å². The Morgan fingerprint density at radius 3 is 2.46 bits per heavy atom. The minimum atomic E-state index is 0.305. The molecule has 2 aliphatic heterocycles. The molecule has 1 atom stereocenters. The van der Waals surface area contributed by atoms with Crippen molar-refractivity contribution in [3.8, 4) is 5.75 Å². The number of nitrogens with one attached hydrogen (secondary N) is 1. The van der Waals surface area contributed by atoms with E-state index >= 15 is 0 Å². The molecule has 26 heavy (non-hydrogen) atoms. The Morgan fingerprint density at radius 1 is 1.15 bits per heavy atom. The van der Waals surface area contributed by atoms with Crippen molar-refractivity contribution in [3.05, 3.63) is 30.3 Å². The maximum Gasteiger partial charge on any atom is 0.193 e. The van der Waals surface area contributed by atoms with Crippen LogP contribution in [0.5, 0.6) is 5.75 Å². The molecule has 2 saturated heterocycles. The van der Waals surface area contributed by atoms with Gasteiger partial charge >= 0.3 is 0 Å².